The highest BCUT2D eigenvalue weighted by Gasteiger charge is 2.49. The van der Waals surface area contributed by atoms with Crippen LogP contribution in [0.2, 0.25) is 0 Å². The molecule has 2 aliphatic heterocycles. The van der Waals surface area contributed by atoms with E-state index in [2.05, 4.69) is 15.0 Å². The normalized spacial score (nSPS) is 18.8. The van der Waals surface area contributed by atoms with Crippen LogP contribution in [0.1, 0.15) is 40.9 Å². The Labute approximate surface area is 200 Å². The van der Waals surface area contributed by atoms with Crippen LogP contribution in [0.4, 0.5) is 13.2 Å². The minimum Gasteiger partial charge on any atom is -0.477 e. The number of nitrogens with zero attached hydrogens (tertiary/aromatic N) is 4. The Bertz CT molecular complexity index is 1040. The molecule has 4 rings (SSSR count). The Balaban J connectivity index is 0.000000429. The Morgan fingerprint density at radius 1 is 1.20 bits per heavy atom. The van der Waals surface area contributed by atoms with Gasteiger partial charge in [-0.1, -0.05) is 0 Å². The molecule has 35 heavy (non-hydrogen) atoms. The SMILES string of the molecule is Cc1cncc(C(=O)N2CC3(CC(CCOc4cncc(C)n4)CCO3)C2)c1.O=C(O)C(F)(F)F. The number of carboxylic acids is 1. The number of carbonyl (C=O) groups is 2. The van der Waals surface area contributed by atoms with Crippen LogP contribution in [-0.2, 0) is 9.53 Å². The maximum atomic E-state index is 12.6. The lowest BCUT2D eigenvalue weighted by molar-refractivity contribution is -0.192. The Hall–Kier alpha value is -3.28. The molecule has 2 saturated heterocycles. The molecule has 2 fully saturated rings. The predicted molar refractivity (Wildman–Crippen MR) is 117 cm³/mol. The van der Waals surface area contributed by atoms with Gasteiger partial charge in [0.2, 0.25) is 5.88 Å². The summed E-state index contributed by atoms with van der Waals surface area (Å²) in [7, 11) is 0. The van der Waals surface area contributed by atoms with E-state index in [1.54, 1.807) is 24.8 Å². The molecule has 9 nitrogen and oxygen atoms in total. The third kappa shape index (κ3) is 7.35. The van der Waals surface area contributed by atoms with Gasteiger partial charge in [0, 0.05) is 25.2 Å². The van der Waals surface area contributed by atoms with Crippen molar-refractivity contribution in [1.82, 2.24) is 19.9 Å². The summed E-state index contributed by atoms with van der Waals surface area (Å²) >= 11 is 0. The molecule has 1 amide bonds. The fourth-order valence-electron chi connectivity index (χ4n) is 4.08. The molecule has 1 unspecified atom stereocenters. The average molecular weight is 496 g/mol. The quantitative estimate of drug-likeness (QED) is 0.671. The van der Waals surface area contributed by atoms with Gasteiger partial charge in [-0.25, -0.2) is 9.78 Å². The fraction of sp³-hybridized carbons (Fsp3) is 0.522. The second-order valence-corrected chi connectivity index (χ2v) is 8.74. The first kappa shape index (κ1) is 26.3. The van der Waals surface area contributed by atoms with Crippen LogP contribution >= 0.6 is 0 Å². The molecule has 0 radical (unpaired) electrons. The third-order valence-corrected chi connectivity index (χ3v) is 5.71. The third-order valence-electron chi connectivity index (χ3n) is 5.71. The molecule has 2 aromatic rings. The number of likely N-dealkylation sites (tertiary alicyclic amines) is 1. The number of alkyl halides is 3. The fourth-order valence-corrected chi connectivity index (χ4v) is 4.08. The summed E-state index contributed by atoms with van der Waals surface area (Å²) in [6.07, 6.45) is 4.62. The van der Waals surface area contributed by atoms with Gasteiger partial charge >= 0.3 is 12.1 Å². The highest BCUT2D eigenvalue weighted by molar-refractivity contribution is 5.94. The number of hydrogen-bond acceptors (Lipinski definition) is 7. The number of hydrogen-bond donors (Lipinski definition) is 1. The van der Waals surface area contributed by atoms with E-state index < -0.39 is 12.1 Å². The topological polar surface area (TPSA) is 115 Å². The number of aromatic nitrogens is 3. The first-order valence-corrected chi connectivity index (χ1v) is 11.0. The molecule has 0 bridgehead atoms. The maximum absolute atomic E-state index is 12.6. The lowest BCUT2D eigenvalue weighted by atomic mass is 9.79. The largest absolute Gasteiger partial charge is 0.490 e. The van der Waals surface area contributed by atoms with Crippen molar-refractivity contribution >= 4 is 11.9 Å². The van der Waals surface area contributed by atoms with Crippen molar-refractivity contribution in [3.63, 3.8) is 0 Å². The number of halogens is 3. The average Bonchev–Trinajstić information content (AvgIpc) is 2.77. The van der Waals surface area contributed by atoms with E-state index >= 15 is 0 Å². The molecule has 2 aliphatic rings. The van der Waals surface area contributed by atoms with Gasteiger partial charge in [0.25, 0.3) is 5.91 Å². The van der Waals surface area contributed by atoms with Crippen molar-refractivity contribution in [2.24, 2.45) is 5.92 Å². The molecule has 0 aliphatic carbocycles. The van der Waals surface area contributed by atoms with Crippen LogP contribution in [0.5, 0.6) is 5.88 Å². The number of aliphatic carboxylic acids is 1. The predicted octanol–water partition coefficient (Wildman–Crippen LogP) is 3.21. The van der Waals surface area contributed by atoms with E-state index in [0.29, 0.717) is 37.1 Å². The molecular weight excluding hydrogens is 469 g/mol. The highest BCUT2D eigenvalue weighted by atomic mass is 19.4. The zero-order valence-corrected chi connectivity index (χ0v) is 19.4. The summed E-state index contributed by atoms with van der Waals surface area (Å²) in [5, 5.41) is 7.12. The van der Waals surface area contributed by atoms with Gasteiger partial charge in [-0.05, 0) is 50.7 Å². The van der Waals surface area contributed by atoms with Crippen molar-refractivity contribution in [1.29, 1.82) is 0 Å². The monoisotopic (exact) mass is 496 g/mol. The number of amides is 1. The van der Waals surface area contributed by atoms with Gasteiger partial charge in [-0.2, -0.15) is 13.2 Å². The number of ether oxygens (including phenoxy) is 2. The van der Waals surface area contributed by atoms with Crippen molar-refractivity contribution < 1.29 is 37.3 Å². The molecule has 190 valence electrons. The van der Waals surface area contributed by atoms with E-state index in [1.165, 1.54) is 0 Å². The number of rotatable bonds is 5. The number of carbonyl (C=O) groups excluding carboxylic acids is 1. The molecule has 1 spiro atoms. The Morgan fingerprint density at radius 2 is 1.89 bits per heavy atom. The van der Waals surface area contributed by atoms with Gasteiger partial charge in [0.15, 0.2) is 0 Å². The summed E-state index contributed by atoms with van der Waals surface area (Å²) in [5.74, 6) is -1.61. The van der Waals surface area contributed by atoms with Crippen LogP contribution < -0.4 is 4.74 Å². The van der Waals surface area contributed by atoms with E-state index in [0.717, 1.165) is 37.1 Å². The van der Waals surface area contributed by atoms with Crippen molar-refractivity contribution in [2.45, 2.75) is 44.9 Å². The molecular formula is C23H27F3N4O5. The smallest absolute Gasteiger partial charge is 0.477 e. The molecule has 4 heterocycles. The molecule has 0 aromatic carbocycles. The summed E-state index contributed by atoms with van der Waals surface area (Å²) in [6.45, 7) is 6.51. The first-order chi connectivity index (χ1) is 16.5. The van der Waals surface area contributed by atoms with Gasteiger partial charge in [-0.15, -0.1) is 0 Å². The molecule has 0 saturated carbocycles. The van der Waals surface area contributed by atoms with Gasteiger partial charge in [-0.3, -0.25) is 14.8 Å². The second-order valence-electron chi connectivity index (χ2n) is 8.74. The van der Waals surface area contributed by atoms with Gasteiger partial charge in [0.1, 0.15) is 5.60 Å². The van der Waals surface area contributed by atoms with Crippen molar-refractivity contribution in [2.75, 3.05) is 26.3 Å². The minimum atomic E-state index is -5.08. The lowest BCUT2D eigenvalue weighted by Crippen LogP contribution is -2.66. The highest BCUT2D eigenvalue weighted by Crippen LogP contribution is 2.38. The van der Waals surface area contributed by atoms with Crippen LogP contribution in [-0.4, -0.2) is 74.9 Å². The van der Waals surface area contributed by atoms with E-state index in [4.69, 9.17) is 19.4 Å². The molecule has 1 N–H and O–H groups in total. The first-order valence-electron chi connectivity index (χ1n) is 11.0. The van der Waals surface area contributed by atoms with E-state index in [9.17, 15) is 18.0 Å². The number of aryl methyl sites for hydroxylation is 2. The van der Waals surface area contributed by atoms with Crippen LogP contribution in [0.25, 0.3) is 0 Å². The van der Waals surface area contributed by atoms with E-state index in [1.807, 2.05) is 24.8 Å². The van der Waals surface area contributed by atoms with Gasteiger partial charge in [0.05, 0.1) is 37.2 Å². The van der Waals surface area contributed by atoms with Gasteiger partial charge < -0.3 is 19.5 Å². The summed E-state index contributed by atoms with van der Waals surface area (Å²) < 4.78 is 43.6. The zero-order chi connectivity index (χ0) is 25.6. The summed E-state index contributed by atoms with van der Waals surface area (Å²) in [6, 6.07) is 1.89. The van der Waals surface area contributed by atoms with Crippen LogP contribution in [0, 0.1) is 19.8 Å². The number of carboxylic acid groups (broad SMARTS) is 1. The molecule has 2 aromatic heterocycles. The zero-order valence-electron chi connectivity index (χ0n) is 19.4. The minimum absolute atomic E-state index is 0.0360. The summed E-state index contributed by atoms with van der Waals surface area (Å²) in [4.78, 5) is 35.9. The lowest BCUT2D eigenvalue weighted by Gasteiger charge is -2.53. The Kier molecular flexibility index (Phi) is 8.26. The number of pyridine rings is 1. The molecule has 12 heteroatoms. The van der Waals surface area contributed by atoms with E-state index in [-0.39, 0.29) is 11.5 Å². The Morgan fingerprint density at radius 3 is 2.51 bits per heavy atom. The molecule has 1 atom stereocenters. The van der Waals surface area contributed by atoms with Crippen LogP contribution in [0.3, 0.4) is 0 Å². The van der Waals surface area contributed by atoms with Crippen molar-refractivity contribution in [3.8, 4) is 5.88 Å². The standard InChI is InChI=1S/C21H26N4O3.C2HF3O2/c1-15-7-18(11-22-9-15)20(26)25-13-21(14-25)8-17(4-6-28-21)3-5-27-19-12-23-10-16(2)24-19;3-2(4,5)1(6)7/h7,9-12,17H,3-6,8,13-14H2,1-2H3;(H,6,7). The maximum Gasteiger partial charge on any atom is 0.490 e. The second kappa shape index (κ2) is 11.0. The van der Waals surface area contributed by atoms with Crippen LogP contribution in [0.15, 0.2) is 30.9 Å². The van der Waals surface area contributed by atoms with Crippen molar-refractivity contribution in [3.05, 3.63) is 47.7 Å². The summed E-state index contributed by atoms with van der Waals surface area (Å²) in [5.41, 5.74) is 2.30.